The maximum Gasteiger partial charge on any atom is 0.158 e. The molecule has 0 saturated heterocycles. The van der Waals surface area contributed by atoms with Crippen LogP contribution in [-0.4, -0.2) is 4.20 Å². The first-order valence-corrected chi connectivity index (χ1v) is 6.79. The van der Waals surface area contributed by atoms with Crippen molar-refractivity contribution in [3.05, 3.63) is 60.2 Å². The SMILES string of the molecule is SC1(Cc2ccccc2)[N]c2ccccc2S1. The Kier molecular flexibility index (Phi) is 2.81. The number of thiol groups is 1. The summed E-state index contributed by atoms with van der Waals surface area (Å²) in [6.07, 6.45) is 0.844. The van der Waals surface area contributed by atoms with Crippen LogP contribution in [0, 0.1) is 0 Å². The van der Waals surface area contributed by atoms with Crippen LogP contribution in [0.3, 0.4) is 0 Å². The highest BCUT2D eigenvalue weighted by atomic mass is 32.2. The molecule has 2 aromatic carbocycles. The summed E-state index contributed by atoms with van der Waals surface area (Å²) in [5.41, 5.74) is 2.33. The zero-order valence-electron chi connectivity index (χ0n) is 9.21. The van der Waals surface area contributed by atoms with Crippen molar-refractivity contribution in [3.63, 3.8) is 0 Å². The number of nitrogens with zero attached hydrogens (tertiary/aromatic N) is 1. The van der Waals surface area contributed by atoms with Crippen molar-refractivity contribution in [2.75, 3.05) is 0 Å². The lowest BCUT2D eigenvalue weighted by molar-refractivity contribution is 0.733. The van der Waals surface area contributed by atoms with E-state index in [0.29, 0.717) is 0 Å². The van der Waals surface area contributed by atoms with E-state index < -0.39 is 0 Å². The summed E-state index contributed by atoms with van der Waals surface area (Å²) in [6.45, 7) is 0. The standard InChI is InChI=1S/C14H12NS2/c16-14(10-11-6-2-1-3-7-11)15-12-8-4-5-9-13(12)17-14/h1-9,16H,10H2. The summed E-state index contributed by atoms with van der Waals surface area (Å²) in [6, 6.07) is 18.6. The fourth-order valence-electron chi connectivity index (χ4n) is 1.96. The third-order valence-electron chi connectivity index (χ3n) is 2.71. The van der Waals surface area contributed by atoms with Gasteiger partial charge >= 0.3 is 0 Å². The quantitative estimate of drug-likeness (QED) is 0.808. The van der Waals surface area contributed by atoms with E-state index in [1.165, 1.54) is 10.5 Å². The van der Waals surface area contributed by atoms with E-state index in [4.69, 9.17) is 17.9 Å². The van der Waals surface area contributed by atoms with Gasteiger partial charge < -0.3 is 0 Å². The van der Waals surface area contributed by atoms with Crippen molar-refractivity contribution < 1.29 is 0 Å². The highest BCUT2D eigenvalue weighted by molar-refractivity contribution is 8.11. The zero-order chi connectivity index (χ0) is 11.7. The van der Waals surface area contributed by atoms with Gasteiger partial charge in [-0.1, -0.05) is 54.2 Å². The molecule has 1 aliphatic rings. The molecule has 1 unspecified atom stereocenters. The molecule has 0 fully saturated rings. The van der Waals surface area contributed by atoms with Gasteiger partial charge in [0.1, 0.15) is 0 Å². The second kappa shape index (κ2) is 4.31. The number of rotatable bonds is 2. The second-order valence-corrected chi connectivity index (χ2v) is 6.45. The van der Waals surface area contributed by atoms with Gasteiger partial charge in [0, 0.05) is 11.3 Å². The molecular weight excluding hydrogens is 246 g/mol. The van der Waals surface area contributed by atoms with Crippen LogP contribution in [0.2, 0.25) is 0 Å². The number of benzene rings is 2. The number of fused-ring (bicyclic) bond motifs is 1. The van der Waals surface area contributed by atoms with Crippen molar-refractivity contribution in [1.29, 1.82) is 0 Å². The van der Waals surface area contributed by atoms with Gasteiger partial charge in [0.15, 0.2) is 4.20 Å². The topological polar surface area (TPSA) is 14.1 Å². The van der Waals surface area contributed by atoms with Gasteiger partial charge in [-0.25, -0.2) is 0 Å². The molecule has 1 aliphatic heterocycles. The van der Waals surface area contributed by atoms with E-state index in [0.717, 1.165) is 12.1 Å². The summed E-state index contributed by atoms with van der Waals surface area (Å²) in [5, 5.41) is 4.71. The summed E-state index contributed by atoms with van der Waals surface area (Å²) in [7, 11) is 0. The van der Waals surface area contributed by atoms with Crippen LogP contribution in [0.5, 0.6) is 0 Å². The first kappa shape index (κ1) is 11.1. The highest BCUT2D eigenvalue weighted by Gasteiger charge is 2.36. The molecule has 1 heterocycles. The van der Waals surface area contributed by atoms with Gasteiger partial charge in [0.2, 0.25) is 0 Å². The fourth-order valence-corrected chi connectivity index (χ4v) is 3.65. The molecule has 1 nitrogen and oxygen atoms in total. The fraction of sp³-hybridized carbons (Fsp3) is 0.143. The minimum Gasteiger partial charge on any atom is -0.255 e. The van der Waals surface area contributed by atoms with Gasteiger partial charge in [0.05, 0.1) is 5.69 Å². The lowest BCUT2D eigenvalue weighted by atomic mass is 10.1. The molecule has 0 amide bonds. The molecule has 0 aromatic heterocycles. The van der Waals surface area contributed by atoms with Crippen LogP contribution in [0.1, 0.15) is 5.56 Å². The smallest absolute Gasteiger partial charge is 0.158 e. The first-order chi connectivity index (χ1) is 8.25. The largest absolute Gasteiger partial charge is 0.255 e. The van der Waals surface area contributed by atoms with Gasteiger partial charge in [-0.05, 0) is 17.7 Å². The molecule has 0 aliphatic carbocycles. The molecule has 85 valence electrons. The predicted octanol–water partition coefficient (Wildman–Crippen LogP) is 3.85. The van der Waals surface area contributed by atoms with Gasteiger partial charge in [-0.15, -0.1) is 12.6 Å². The third kappa shape index (κ3) is 2.31. The Morgan fingerprint density at radius 3 is 2.47 bits per heavy atom. The van der Waals surface area contributed by atoms with Crippen LogP contribution in [-0.2, 0) is 6.42 Å². The predicted molar refractivity (Wildman–Crippen MR) is 76.0 cm³/mol. The molecule has 0 N–H and O–H groups in total. The number of hydrogen-bond acceptors (Lipinski definition) is 2. The van der Waals surface area contributed by atoms with Crippen molar-refractivity contribution in [1.82, 2.24) is 5.32 Å². The average Bonchev–Trinajstić information content (AvgIpc) is 2.66. The van der Waals surface area contributed by atoms with Gasteiger partial charge in [-0.2, -0.15) is 0 Å². The van der Waals surface area contributed by atoms with E-state index in [1.54, 1.807) is 11.8 Å². The minimum absolute atomic E-state index is 0.356. The van der Waals surface area contributed by atoms with E-state index in [2.05, 4.69) is 30.3 Å². The first-order valence-electron chi connectivity index (χ1n) is 5.52. The Balaban J connectivity index is 1.82. The maximum absolute atomic E-state index is 4.73. The second-order valence-electron chi connectivity index (χ2n) is 4.09. The summed E-state index contributed by atoms with van der Waals surface area (Å²) in [4.78, 5) is 1.22. The molecule has 1 atom stereocenters. The summed E-state index contributed by atoms with van der Waals surface area (Å²) in [5.74, 6) is 0. The van der Waals surface area contributed by atoms with E-state index in [-0.39, 0.29) is 4.20 Å². The molecule has 3 heteroatoms. The van der Waals surface area contributed by atoms with Crippen LogP contribution >= 0.6 is 24.4 Å². The highest BCUT2D eigenvalue weighted by Crippen LogP contribution is 2.49. The van der Waals surface area contributed by atoms with Crippen molar-refractivity contribution in [3.8, 4) is 0 Å². The minimum atomic E-state index is -0.356. The molecule has 1 radical (unpaired) electrons. The summed E-state index contributed by atoms with van der Waals surface area (Å²) >= 11 is 6.46. The number of para-hydroxylation sites is 1. The van der Waals surface area contributed by atoms with Gasteiger partial charge in [-0.3, -0.25) is 5.32 Å². The molecule has 0 spiro atoms. The summed E-state index contributed by atoms with van der Waals surface area (Å²) < 4.78 is -0.356. The Morgan fingerprint density at radius 1 is 1.00 bits per heavy atom. The Labute approximate surface area is 111 Å². The molecule has 17 heavy (non-hydrogen) atoms. The lowest BCUT2D eigenvalue weighted by Gasteiger charge is -2.20. The monoisotopic (exact) mass is 258 g/mol. The van der Waals surface area contributed by atoms with Crippen LogP contribution in [0.15, 0.2) is 59.5 Å². The number of hydrogen-bond donors (Lipinski definition) is 1. The lowest BCUT2D eigenvalue weighted by Crippen LogP contribution is -2.25. The Hall–Kier alpha value is -1.06. The zero-order valence-corrected chi connectivity index (χ0v) is 10.9. The molecule has 2 aromatic rings. The van der Waals surface area contributed by atoms with Crippen LogP contribution in [0.4, 0.5) is 5.69 Å². The van der Waals surface area contributed by atoms with E-state index >= 15 is 0 Å². The average molecular weight is 258 g/mol. The van der Waals surface area contributed by atoms with Crippen molar-refractivity contribution in [2.45, 2.75) is 15.5 Å². The maximum atomic E-state index is 4.73. The van der Waals surface area contributed by atoms with Crippen LogP contribution < -0.4 is 5.32 Å². The van der Waals surface area contributed by atoms with Crippen molar-refractivity contribution >= 4 is 30.1 Å². The molecule has 3 rings (SSSR count). The number of thioether (sulfide) groups is 1. The molecular formula is C14H12NS2. The Morgan fingerprint density at radius 2 is 1.71 bits per heavy atom. The third-order valence-corrected chi connectivity index (χ3v) is 4.37. The van der Waals surface area contributed by atoms with E-state index in [1.807, 2.05) is 24.3 Å². The Bertz CT molecular complexity index is 500. The van der Waals surface area contributed by atoms with Gasteiger partial charge in [0.25, 0.3) is 0 Å². The normalized spacial score (nSPS) is 21.9. The van der Waals surface area contributed by atoms with Crippen molar-refractivity contribution in [2.24, 2.45) is 0 Å². The molecule has 0 bridgehead atoms. The van der Waals surface area contributed by atoms with E-state index in [9.17, 15) is 0 Å². The van der Waals surface area contributed by atoms with Crippen LogP contribution in [0.25, 0.3) is 0 Å². The molecule has 0 saturated carbocycles.